The predicted octanol–water partition coefficient (Wildman–Crippen LogP) is 3.22. The van der Waals surface area contributed by atoms with Gasteiger partial charge in [-0.1, -0.05) is 16.7 Å². The molecule has 0 atom stereocenters. The lowest BCUT2D eigenvalue weighted by Crippen LogP contribution is -2.07. The van der Waals surface area contributed by atoms with Crippen LogP contribution in [0.2, 0.25) is 5.02 Å². The molecule has 2 heterocycles. The maximum absolute atomic E-state index is 5.88. The van der Waals surface area contributed by atoms with Crippen LogP contribution < -0.4 is 5.32 Å². The Morgan fingerprint density at radius 1 is 1.19 bits per heavy atom. The number of nitrogens with one attached hydrogen (secondary N) is 1. The van der Waals surface area contributed by atoms with Crippen LogP contribution in [0.15, 0.2) is 40.8 Å². The summed E-state index contributed by atoms with van der Waals surface area (Å²) in [7, 11) is 0. The first-order chi connectivity index (χ1) is 10.3. The van der Waals surface area contributed by atoms with E-state index >= 15 is 0 Å². The third-order valence-electron chi connectivity index (χ3n) is 3.04. The molecule has 3 aromatic rings. The first kappa shape index (κ1) is 13.6. The highest BCUT2D eigenvalue weighted by atomic mass is 35.5. The van der Waals surface area contributed by atoms with Gasteiger partial charge < -0.3 is 9.73 Å². The van der Waals surface area contributed by atoms with Gasteiger partial charge in [-0.3, -0.25) is 0 Å². The Morgan fingerprint density at radius 2 is 2.00 bits per heavy atom. The van der Waals surface area contributed by atoms with Crippen molar-refractivity contribution in [3.8, 4) is 11.3 Å². The summed E-state index contributed by atoms with van der Waals surface area (Å²) >= 11 is 5.88. The Labute approximate surface area is 126 Å². The van der Waals surface area contributed by atoms with E-state index in [1.807, 2.05) is 43.3 Å². The van der Waals surface area contributed by atoms with Crippen LogP contribution in [0.1, 0.15) is 12.7 Å². The quantitative estimate of drug-likeness (QED) is 0.783. The van der Waals surface area contributed by atoms with Crippen LogP contribution in [0.25, 0.3) is 11.3 Å². The molecule has 1 N–H and O–H groups in total. The van der Waals surface area contributed by atoms with E-state index in [0.29, 0.717) is 24.1 Å². The number of tetrazole rings is 1. The summed E-state index contributed by atoms with van der Waals surface area (Å²) in [5.74, 6) is 2.24. The maximum atomic E-state index is 5.88. The predicted molar refractivity (Wildman–Crippen MR) is 80.0 cm³/mol. The molecule has 0 bridgehead atoms. The van der Waals surface area contributed by atoms with E-state index in [1.54, 1.807) is 4.68 Å². The summed E-state index contributed by atoms with van der Waals surface area (Å²) in [4.78, 5) is 0. The minimum Gasteiger partial charge on any atom is -0.459 e. The Morgan fingerprint density at radius 3 is 2.76 bits per heavy atom. The van der Waals surface area contributed by atoms with Gasteiger partial charge in [0.25, 0.3) is 0 Å². The molecule has 0 amide bonds. The van der Waals surface area contributed by atoms with Crippen molar-refractivity contribution >= 4 is 17.5 Å². The van der Waals surface area contributed by atoms with Gasteiger partial charge in [-0.05, 0) is 53.7 Å². The number of furan rings is 1. The molecule has 0 saturated heterocycles. The molecule has 0 unspecified atom stereocenters. The van der Waals surface area contributed by atoms with Crippen LogP contribution in [0.3, 0.4) is 0 Å². The van der Waals surface area contributed by atoms with Gasteiger partial charge in [-0.15, -0.1) is 0 Å². The van der Waals surface area contributed by atoms with Crippen molar-refractivity contribution in [1.82, 2.24) is 20.2 Å². The van der Waals surface area contributed by atoms with Crippen molar-refractivity contribution in [2.45, 2.75) is 20.0 Å². The zero-order valence-corrected chi connectivity index (χ0v) is 12.2. The molecule has 0 radical (unpaired) electrons. The second-order valence-electron chi connectivity index (χ2n) is 4.44. The lowest BCUT2D eigenvalue weighted by molar-refractivity contribution is 0.529. The van der Waals surface area contributed by atoms with Crippen LogP contribution in [-0.2, 0) is 13.1 Å². The molecule has 2 aromatic heterocycles. The van der Waals surface area contributed by atoms with E-state index in [4.69, 9.17) is 16.0 Å². The second kappa shape index (κ2) is 5.97. The molecule has 0 aliphatic heterocycles. The molecule has 1 aromatic carbocycles. The maximum Gasteiger partial charge on any atom is 0.243 e. The molecule has 3 rings (SSSR count). The highest BCUT2D eigenvalue weighted by molar-refractivity contribution is 6.30. The Balaban J connectivity index is 1.69. The summed E-state index contributed by atoms with van der Waals surface area (Å²) < 4.78 is 7.48. The van der Waals surface area contributed by atoms with E-state index in [-0.39, 0.29) is 0 Å². The highest BCUT2D eigenvalue weighted by Gasteiger charge is 2.07. The van der Waals surface area contributed by atoms with E-state index in [9.17, 15) is 0 Å². The first-order valence-electron chi connectivity index (χ1n) is 6.61. The number of rotatable bonds is 5. The number of aromatic nitrogens is 4. The lowest BCUT2D eigenvalue weighted by Gasteiger charge is -2.03. The van der Waals surface area contributed by atoms with Crippen molar-refractivity contribution in [3.63, 3.8) is 0 Å². The van der Waals surface area contributed by atoms with Gasteiger partial charge >= 0.3 is 0 Å². The fourth-order valence-electron chi connectivity index (χ4n) is 1.95. The molecule has 6 nitrogen and oxygen atoms in total. The molecule has 21 heavy (non-hydrogen) atoms. The number of hydrogen-bond acceptors (Lipinski definition) is 5. The Hall–Kier alpha value is -2.34. The molecule has 0 saturated carbocycles. The van der Waals surface area contributed by atoms with Crippen LogP contribution in [0.5, 0.6) is 0 Å². The van der Waals surface area contributed by atoms with Crippen LogP contribution >= 0.6 is 11.6 Å². The number of aryl methyl sites for hydroxylation is 1. The Kier molecular flexibility index (Phi) is 3.87. The van der Waals surface area contributed by atoms with Gasteiger partial charge in [-0.25, -0.2) is 4.68 Å². The molecular weight excluding hydrogens is 290 g/mol. The molecule has 0 fully saturated rings. The molecule has 0 spiro atoms. The largest absolute Gasteiger partial charge is 0.459 e. The second-order valence-corrected chi connectivity index (χ2v) is 4.88. The fourth-order valence-corrected chi connectivity index (χ4v) is 2.08. The molecule has 7 heteroatoms. The normalized spacial score (nSPS) is 10.8. The van der Waals surface area contributed by atoms with Crippen LogP contribution in [0.4, 0.5) is 5.95 Å². The third kappa shape index (κ3) is 3.05. The smallest absolute Gasteiger partial charge is 0.243 e. The number of benzene rings is 1. The molecular formula is C14H14ClN5O. The van der Waals surface area contributed by atoms with Gasteiger partial charge in [0.2, 0.25) is 5.95 Å². The summed E-state index contributed by atoms with van der Waals surface area (Å²) in [5, 5.41) is 15.2. The van der Waals surface area contributed by atoms with Gasteiger partial charge in [0.05, 0.1) is 6.54 Å². The summed E-state index contributed by atoms with van der Waals surface area (Å²) in [5.41, 5.74) is 0.990. The number of hydrogen-bond donors (Lipinski definition) is 1. The van der Waals surface area contributed by atoms with Crippen molar-refractivity contribution < 1.29 is 4.42 Å². The minimum absolute atomic E-state index is 0.522. The summed E-state index contributed by atoms with van der Waals surface area (Å²) in [6.07, 6.45) is 0. The van der Waals surface area contributed by atoms with E-state index in [2.05, 4.69) is 20.8 Å². The zero-order chi connectivity index (χ0) is 14.7. The van der Waals surface area contributed by atoms with E-state index < -0.39 is 0 Å². The van der Waals surface area contributed by atoms with Crippen molar-refractivity contribution in [2.75, 3.05) is 5.32 Å². The Bertz CT molecular complexity index is 719. The van der Waals surface area contributed by atoms with Crippen LogP contribution in [0, 0.1) is 0 Å². The van der Waals surface area contributed by atoms with E-state index in [1.165, 1.54) is 0 Å². The summed E-state index contributed by atoms with van der Waals surface area (Å²) in [6.45, 7) is 3.21. The third-order valence-corrected chi connectivity index (χ3v) is 3.29. The minimum atomic E-state index is 0.522. The fraction of sp³-hybridized carbons (Fsp3) is 0.214. The molecule has 108 valence electrons. The van der Waals surface area contributed by atoms with Gasteiger partial charge in [0, 0.05) is 17.1 Å². The summed E-state index contributed by atoms with van der Waals surface area (Å²) in [6, 6.07) is 11.4. The molecule has 0 aliphatic rings. The lowest BCUT2D eigenvalue weighted by atomic mass is 10.2. The highest BCUT2D eigenvalue weighted by Crippen LogP contribution is 2.24. The van der Waals surface area contributed by atoms with Gasteiger partial charge in [-0.2, -0.15) is 0 Å². The van der Waals surface area contributed by atoms with E-state index in [0.717, 1.165) is 17.1 Å². The standard InChI is InChI=1S/C14H14ClN5O/c1-2-20-14(17-18-19-20)16-9-12-7-8-13(21-12)10-3-5-11(15)6-4-10/h3-8H,2,9H2,1H3,(H,16,17,19). The first-order valence-corrected chi connectivity index (χ1v) is 6.98. The molecule has 0 aliphatic carbocycles. The van der Waals surface area contributed by atoms with Crippen molar-refractivity contribution in [1.29, 1.82) is 0 Å². The zero-order valence-electron chi connectivity index (χ0n) is 11.5. The number of anilines is 1. The van der Waals surface area contributed by atoms with Crippen molar-refractivity contribution in [2.24, 2.45) is 0 Å². The van der Waals surface area contributed by atoms with Crippen LogP contribution in [-0.4, -0.2) is 20.2 Å². The van der Waals surface area contributed by atoms with Gasteiger partial charge in [0.1, 0.15) is 11.5 Å². The number of nitrogens with zero attached hydrogens (tertiary/aromatic N) is 4. The topological polar surface area (TPSA) is 68.8 Å². The average Bonchev–Trinajstić information content (AvgIpc) is 3.14. The SMILES string of the molecule is CCn1nnnc1NCc1ccc(-c2ccc(Cl)cc2)o1. The average molecular weight is 304 g/mol. The van der Waals surface area contributed by atoms with Gasteiger partial charge in [0.15, 0.2) is 0 Å². The van der Waals surface area contributed by atoms with Crippen molar-refractivity contribution in [3.05, 3.63) is 47.2 Å². The number of halogens is 1. The monoisotopic (exact) mass is 303 g/mol.